The molecule has 0 bridgehead atoms. The number of sulfonamides is 1. The van der Waals surface area contributed by atoms with Crippen LogP contribution in [0.15, 0.2) is 0 Å². The van der Waals surface area contributed by atoms with E-state index in [9.17, 15) is 8.42 Å². The second-order valence-corrected chi connectivity index (χ2v) is 7.22. The predicted molar refractivity (Wildman–Crippen MR) is 73.1 cm³/mol. The van der Waals surface area contributed by atoms with Crippen molar-refractivity contribution in [2.24, 2.45) is 5.92 Å². The fourth-order valence-electron chi connectivity index (χ4n) is 2.20. The second-order valence-electron chi connectivity index (χ2n) is 5.14. The summed E-state index contributed by atoms with van der Waals surface area (Å²) in [6.45, 7) is 6.39. The lowest BCUT2D eigenvalue weighted by Gasteiger charge is -2.31. The van der Waals surface area contributed by atoms with Gasteiger partial charge in [0.25, 0.3) is 0 Å². The van der Waals surface area contributed by atoms with Crippen LogP contribution in [0.5, 0.6) is 0 Å². The highest BCUT2D eigenvalue weighted by molar-refractivity contribution is 7.89. The van der Waals surface area contributed by atoms with Gasteiger partial charge in [0.2, 0.25) is 10.0 Å². The predicted octanol–water partition coefficient (Wildman–Crippen LogP) is 0.673. The van der Waals surface area contributed by atoms with Gasteiger partial charge in [-0.2, -0.15) is 0 Å². The number of nitrogens with one attached hydrogen (secondary N) is 1. The quantitative estimate of drug-likeness (QED) is 0.744. The molecule has 1 aliphatic heterocycles. The smallest absolute Gasteiger partial charge is 0.216 e. The zero-order chi connectivity index (χ0) is 13.6. The Balaban J connectivity index is 2.36. The van der Waals surface area contributed by atoms with Crippen molar-refractivity contribution in [2.45, 2.75) is 32.8 Å². The van der Waals surface area contributed by atoms with Gasteiger partial charge in [-0.15, -0.1) is 0 Å². The summed E-state index contributed by atoms with van der Waals surface area (Å²) in [6.07, 6.45) is 1.98. The third-order valence-corrected chi connectivity index (χ3v) is 5.09. The Bertz CT molecular complexity index is 322. The lowest BCUT2D eigenvalue weighted by Crippen LogP contribution is -2.42. The fourth-order valence-corrected chi connectivity index (χ4v) is 3.53. The molecule has 5 nitrogen and oxygen atoms in total. The molecule has 0 aromatic heterocycles. The standard InChI is InChI=1S/C12H26N2O3S/c1-11(2)17-8-9-18(15,16)14-6-4-12(5-7-14)10-13-3/h11-13H,4-10H2,1-3H3. The van der Waals surface area contributed by atoms with Gasteiger partial charge in [-0.25, -0.2) is 12.7 Å². The number of nitrogens with zero attached hydrogens (tertiary/aromatic N) is 1. The molecular formula is C12H26N2O3S. The number of rotatable bonds is 7. The third-order valence-electron chi connectivity index (χ3n) is 3.25. The summed E-state index contributed by atoms with van der Waals surface area (Å²) < 4.78 is 31.1. The Kier molecular flexibility index (Phi) is 6.55. The summed E-state index contributed by atoms with van der Waals surface area (Å²) in [4.78, 5) is 0. The van der Waals surface area contributed by atoms with Crippen LogP contribution >= 0.6 is 0 Å². The van der Waals surface area contributed by atoms with Crippen molar-refractivity contribution >= 4 is 10.0 Å². The minimum Gasteiger partial charge on any atom is -0.378 e. The van der Waals surface area contributed by atoms with Crippen molar-refractivity contribution in [2.75, 3.05) is 39.0 Å². The first kappa shape index (κ1) is 15.9. The molecule has 1 N–H and O–H groups in total. The molecule has 6 heteroatoms. The van der Waals surface area contributed by atoms with Gasteiger partial charge in [0, 0.05) is 13.1 Å². The highest BCUT2D eigenvalue weighted by atomic mass is 32.2. The molecule has 0 saturated carbocycles. The zero-order valence-electron chi connectivity index (χ0n) is 11.7. The molecule has 0 unspecified atom stereocenters. The molecule has 0 aliphatic carbocycles. The summed E-state index contributed by atoms with van der Waals surface area (Å²) in [7, 11) is -1.19. The van der Waals surface area contributed by atoms with Crippen LogP contribution in [-0.2, 0) is 14.8 Å². The van der Waals surface area contributed by atoms with Crippen molar-refractivity contribution in [3.05, 3.63) is 0 Å². The molecule has 1 rings (SSSR count). The largest absolute Gasteiger partial charge is 0.378 e. The number of hydrogen-bond donors (Lipinski definition) is 1. The molecule has 108 valence electrons. The second kappa shape index (κ2) is 7.43. The van der Waals surface area contributed by atoms with E-state index in [2.05, 4.69) is 5.32 Å². The molecule has 0 aromatic rings. The first-order chi connectivity index (χ1) is 8.45. The average molecular weight is 278 g/mol. The van der Waals surface area contributed by atoms with E-state index < -0.39 is 10.0 Å². The maximum Gasteiger partial charge on any atom is 0.216 e. The molecule has 0 spiro atoms. The van der Waals surface area contributed by atoms with Crippen molar-refractivity contribution in [1.29, 1.82) is 0 Å². The lowest BCUT2D eigenvalue weighted by molar-refractivity contribution is 0.0905. The molecule has 1 aliphatic rings. The Morgan fingerprint density at radius 3 is 2.44 bits per heavy atom. The molecule has 0 amide bonds. The summed E-state index contributed by atoms with van der Waals surface area (Å²) in [5.41, 5.74) is 0. The molecule has 0 atom stereocenters. The molecule has 18 heavy (non-hydrogen) atoms. The van der Waals surface area contributed by atoms with Gasteiger partial charge >= 0.3 is 0 Å². The summed E-state index contributed by atoms with van der Waals surface area (Å²) >= 11 is 0. The molecule has 1 heterocycles. The van der Waals surface area contributed by atoms with Crippen LogP contribution in [0.3, 0.4) is 0 Å². The molecule has 1 fully saturated rings. The Labute approximate surface area is 111 Å². The fraction of sp³-hybridized carbons (Fsp3) is 1.00. The van der Waals surface area contributed by atoms with Crippen molar-refractivity contribution in [3.8, 4) is 0 Å². The number of piperidine rings is 1. The Hall–Kier alpha value is -0.170. The number of hydrogen-bond acceptors (Lipinski definition) is 4. The van der Waals surface area contributed by atoms with Gasteiger partial charge in [0.15, 0.2) is 0 Å². The molecule has 0 radical (unpaired) electrons. The van der Waals surface area contributed by atoms with Gasteiger partial charge in [0.1, 0.15) is 0 Å². The Morgan fingerprint density at radius 2 is 1.94 bits per heavy atom. The van der Waals surface area contributed by atoms with E-state index in [1.165, 1.54) is 0 Å². The van der Waals surface area contributed by atoms with E-state index in [0.717, 1.165) is 19.4 Å². The maximum absolute atomic E-state index is 12.1. The zero-order valence-corrected chi connectivity index (χ0v) is 12.5. The summed E-state index contributed by atoms with van der Waals surface area (Å²) in [5.74, 6) is 0.704. The molecule has 0 aromatic carbocycles. The van der Waals surface area contributed by atoms with E-state index in [-0.39, 0.29) is 18.5 Å². The summed E-state index contributed by atoms with van der Waals surface area (Å²) in [6, 6.07) is 0. The van der Waals surface area contributed by atoms with Crippen LogP contribution in [0.25, 0.3) is 0 Å². The van der Waals surface area contributed by atoms with Gasteiger partial charge in [-0.05, 0) is 46.2 Å². The van der Waals surface area contributed by atoms with Crippen molar-refractivity contribution in [3.63, 3.8) is 0 Å². The average Bonchev–Trinajstić information content (AvgIpc) is 2.29. The van der Waals surface area contributed by atoms with E-state index in [1.54, 1.807) is 4.31 Å². The van der Waals surface area contributed by atoms with Crippen LogP contribution in [0.2, 0.25) is 0 Å². The van der Waals surface area contributed by atoms with Gasteiger partial charge < -0.3 is 10.1 Å². The van der Waals surface area contributed by atoms with Crippen LogP contribution < -0.4 is 5.32 Å². The van der Waals surface area contributed by atoms with E-state index >= 15 is 0 Å². The minimum atomic E-state index is -3.13. The monoisotopic (exact) mass is 278 g/mol. The topological polar surface area (TPSA) is 58.6 Å². The third kappa shape index (κ3) is 5.22. The molecule has 1 saturated heterocycles. The number of ether oxygens (including phenoxy) is 1. The summed E-state index contributed by atoms with van der Waals surface area (Å²) in [5, 5.41) is 3.15. The van der Waals surface area contributed by atoms with Crippen LogP contribution in [0.1, 0.15) is 26.7 Å². The SMILES string of the molecule is CNCC1CCN(S(=O)(=O)CCOC(C)C)CC1. The van der Waals surface area contributed by atoms with Gasteiger partial charge in [-0.1, -0.05) is 0 Å². The highest BCUT2D eigenvalue weighted by Crippen LogP contribution is 2.19. The van der Waals surface area contributed by atoms with Crippen molar-refractivity contribution in [1.82, 2.24) is 9.62 Å². The first-order valence-corrected chi connectivity index (χ1v) is 8.30. The first-order valence-electron chi connectivity index (χ1n) is 6.69. The van der Waals surface area contributed by atoms with Crippen molar-refractivity contribution < 1.29 is 13.2 Å². The highest BCUT2D eigenvalue weighted by Gasteiger charge is 2.27. The maximum atomic E-state index is 12.1. The Morgan fingerprint density at radius 1 is 1.33 bits per heavy atom. The van der Waals surface area contributed by atoms with Gasteiger partial charge in [0.05, 0.1) is 18.5 Å². The lowest BCUT2D eigenvalue weighted by atomic mass is 9.98. The van der Waals surface area contributed by atoms with E-state index in [1.807, 2.05) is 20.9 Å². The minimum absolute atomic E-state index is 0.0848. The van der Waals surface area contributed by atoms with Gasteiger partial charge in [-0.3, -0.25) is 0 Å². The van der Waals surface area contributed by atoms with E-state index in [4.69, 9.17) is 4.74 Å². The van der Waals surface area contributed by atoms with Crippen LogP contribution in [0, 0.1) is 5.92 Å². The molecular weight excluding hydrogens is 252 g/mol. The normalized spacial score (nSPS) is 19.6. The van der Waals surface area contributed by atoms with Crippen LogP contribution in [0.4, 0.5) is 0 Å². The van der Waals surface area contributed by atoms with E-state index in [0.29, 0.717) is 19.0 Å². The van der Waals surface area contributed by atoms with Crippen LogP contribution in [-0.4, -0.2) is 57.9 Å².